The van der Waals surface area contributed by atoms with Gasteiger partial charge in [-0.3, -0.25) is 4.98 Å². The number of nitrogens with two attached hydrogens (primary N) is 1. The Kier molecular flexibility index (Phi) is 3.45. The maximum absolute atomic E-state index is 6.56. The highest BCUT2D eigenvalue weighted by Crippen LogP contribution is 2.36. The van der Waals surface area contributed by atoms with Crippen LogP contribution in [0, 0.1) is 0 Å². The van der Waals surface area contributed by atoms with E-state index in [0.29, 0.717) is 0 Å². The molecule has 1 aliphatic rings. The fraction of sp³-hybridized carbons (Fsp3) is 0.235. The van der Waals surface area contributed by atoms with E-state index >= 15 is 0 Å². The van der Waals surface area contributed by atoms with Crippen LogP contribution in [0.2, 0.25) is 0 Å². The number of benzene rings is 1. The zero-order chi connectivity index (χ0) is 14.2. The topological polar surface area (TPSA) is 38.9 Å². The van der Waals surface area contributed by atoms with E-state index in [1.807, 2.05) is 41.6 Å². The Morgan fingerprint density at radius 2 is 2.10 bits per heavy atom. The summed E-state index contributed by atoms with van der Waals surface area (Å²) in [6.07, 6.45) is 5.01. The largest absolute Gasteiger partial charge is 0.320 e. The summed E-state index contributed by atoms with van der Waals surface area (Å²) in [5.74, 6) is 2.37. The van der Waals surface area contributed by atoms with Crippen LogP contribution in [0.15, 0.2) is 42.7 Å². The molecule has 0 saturated heterocycles. The van der Waals surface area contributed by atoms with Crippen molar-refractivity contribution in [3.8, 4) is 0 Å². The Balaban J connectivity index is 1.79. The highest BCUT2D eigenvalue weighted by molar-refractivity contribution is 7.98. The summed E-state index contributed by atoms with van der Waals surface area (Å²) in [5, 5.41) is 2.36. The van der Waals surface area contributed by atoms with Gasteiger partial charge in [-0.2, -0.15) is 11.8 Å². The molecule has 2 aromatic heterocycles. The van der Waals surface area contributed by atoms with Crippen LogP contribution in [0.25, 0.3) is 10.8 Å². The Bertz CT molecular complexity index is 766. The van der Waals surface area contributed by atoms with Crippen molar-refractivity contribution in [3.05, 3.63) is 63.6 Å². The Labute approximate surface area is 132 Å². The zero-order valence-corrected chi connectivity index (χ0v) is 13.2. The van der Waals surface area contributed by atoms with E-state index in [0.717, 1.165) is 16.7 Å². The van der Waals surface area contributed by atoms with Crippen molar-refractivity contribution in [2.45, 2.75) is 18.2 Å². The van der Waals surface area contributed by atoms with Crippen LogP contribution in [0.5, 0.6) is 0 Å². The molecule has 0 bridgehead atoms. The van der Waals surface area contributed by atoms with Crippen molar-refractivity contribution < 1.29 is 0 Å². The molecule has 4 rings (SSSR count). The molecule has 21 heavy (non-hydrogen) atoms. The zero-order valence-electron chi connectivity index (χ0n) is 11.6. The third kappa shape index (κ3) is 2.37. The number of fused-ring (bicyclic) bond motifs is 2. The van der Waals surface area contributed by atoms with Gasteiger partial charge in [-0.25, -0.2) is 0 Å². The first kappa shape index (κ1) is 13.3. The number of nitrogens with zero attached hydrogens (tertiary/aromatic N) is 1. The molecule has 2 nitrogen and oxygen atoms in total. The van der Waals surface area contributed by atoms with E-state index in [-0.39, 0.29) is 6.04 Å². The normalized spacial score (nSPS) is 15.9. The van der Waals surface area contributed by atoms with Gasteiger partial charge >= 0.3 is 0 Å². The van der Waals surface area contributed by atoms with Crippen molar-refractivity contribution in [3.63, 3.8) is 0 Å². The molecule has 1 aromatic carbocycles. The first-order valence-electron chi connectivity index (χ1n) is 7.10. The van der Waals surface area contributed by atoms with Crippen LogP contribution in [0.1, 0.15) is 26.9 Å². The Hall–Kier alpha value is -1.36. The third-order valence-electron chi connectivity index (χ3n) is 3.99. The first-order valence-corrected chi connectivity index (χ1v) is 9.07. The minimum atomic E-state index is -0.0794. The SMILES string of the molecule is NC(c1cc2c(s1)CCSC2)c1cncc2ccccc12. The number of rotatable bonds is 2. The minimum Gasteiger partial charge on any atom is -0.320 e. The fourth-order valence-electron chi connectivity index (χ4n) is 2.86. The number of hydrogen-bond donors (Lipinski definition) is 1. The fourth-order valence-corrected chi connectivity index (χ4v) is 5.26. The maximum atomic E-state index is 6.56. The summed E-state index contributed by atoms with van der Waals surface area (Å²) < 4.78 is 0. The van der Waals surface area contributed by atoms with Gasteiger partial charge in [0, 0.05) is 38.9 Å². The number of thiophene rings is 1. The molecule has 0 saturated carbocycles. The third-order valence-corrected chi connectivity index (χ3v) is 6.32. The van der Waals surface area contributed by atoms with Gasteiger partial charge in [0.05, 0.1) is 6.04 Å². The molecule has 1 atom stereocenters. The minimum absolute atomic E-state index is 0.0794. The second-order valence-electron chi connectivity index (χ2n) is 5.33. The molecule has 0 spiro atoms. The molecule has 3 aromatic rings. The molecule has 0 radical (unpaired) electrons. The molecule has 2 N–H and O–H groups in total. The summed E-state index contributed by atoms with van der Waals surface area (Å²) in [6.45, 7) is 0. The monoisotopic (exact) mass is 312 g/mol. The van der Waals surface area contributed by atoms with Gasteiger partial charge in [0.2, 0.25) is 0 Å². The van der Waals surface area contributed by atoms with E-state index < -0.39 is 0 Å². The van der Waals surface area contributed by atoms with E-state index in [2.05, 4.69) is 29.2 Å². The van der Waals surface area contributed by atoms with Crippen molar-refractivity contribution in [1.82, 2.24) is 4.98 Å². The Morgan fingerprint density at radius 3 is 3.00 bits per heavy atom. The van der Waals surface area contributed by atoms with Crippen molar-refractivity contribution in [2.75, 3.05) is 5.75 Å². The summed E-state index contributed by atoms with van der Waals surface area (Å²) in [7, 11) is 0. The van der Waals surface area contributed by atoms with Crippen LogP contribution in [0.3, 0.4) is 0 Å². The van der Waals surface area contributed by atoms with Crippen LogP contribution < -0.4 is 5.73 Å². The van der Waals surface area contributed by atoms with Gasteiger partial charge in [-0.1, -0.05) is 24.3 Å². The lowest BCUT2D eigenvalue weighted by Gasteiger charge is -2.12. The number of thioether (sulfide) groups is 1. The van der Waals surface area contributed by atoms with E-state index in [1.165, 1.54) is 32.9 Å². The molecule has 106 valence electrons. The molecular weight excluding hydrogens is 296 g/mol. The number of pyridine rings is 1. The van der Waals surface area contributed by atoms with Crippen molar-refractivity contribution >= 4 is 33.9 Å². The van der Waals surface area contributed by atoms with Crippen molar-refractivity contribution in [1.29, 1.82) is 0 Å². The molecule has 4 heteroatoms. The lowest BCUT2D eigenvalue weighted by Crippen LogP contribution is -2.11. The number of aryl methyl sites for hydroxylation is 1. The van der Waals surface area contributed by atoms with Crippen molar-refractivity contribution in [2.24, 2.45) is 5.73 Å². The molecular formula is C17H16N2S2. The molecule has 0 aliphatic carbocycles. The molecule has 0 fully saturated rings. The van der Waals surface area contributed by atoms with Gasteiger partial charge in [-0.15, -0.1) is 11.3 Å². The summed E-state index contributed by atoms with van der Waals surface area (Å²) >= 11 is 3.90. The van der Waals surface area contributed by atoms with Gasteiger partial charge in [0.1, 0.15) is 0 Å². The lowest BCUT2D eigenvalue weighted by molar-refractivity contribution is 0.894. The second-order valence-corrected chi connectivity index (χ2v) is 7.60. The van der Waals surface area contributed by atoms with Crippen LogP contribution in [-0.2, 0) is 12.2 Å². The molecule has 1 unspecified atom stereocenters. The first-order chi connectivity index (χ1) is 10.3. The van der Waals surface area contributed by atoms with Crippen LogP contribution >= 0.6 is 23.1 Å². The summed E-state index contributed by atoms with van der Waals surface area (Å²) in [5.41, 5.74) is 9.16. The summed E-state index contributed by atoms with van der Waals surface area (Å²) in [4.78, 5) is 7.15. The second kappa shape index (κ2) is 5.44. The smallest absolute Gasteiger partial charge is 0.0667 e. The van der Waals surface area contributed by atoms with Gasteiger partial charge < -0.3 is 5.73 Å². The molecule has 1 aliphatic heterocycles. The quantitative estimate of drug-likeness (QED) is 0.773. The highest BCUT2D eigenvalue weighted by Gasteiger charge is 2.19. The number of aromatic nitrogens is 1. The highest BCUT2D eigenvalue weighted by atomic mass is 32.2. The van der Waals surface area contributed by atoms with Gasteiger partial charge in [-0.05, 0) is 29.2 Å². The Morgan fingerprint density at radius 1 is 1.19 bits per heavy atom. The standard InChI is InChI=1S/C17H16N2S2/c18-17(16-7-12-10-20-6-5-15(12)21-16)14-9-19-8-11-3-1-2-4-13(11)14/h1-4,7-9,17H,5-6,10,18H2. The van der Waals surface area contributed by atoms with E-state index in [9.17, 15) is 0 Å². The predicted molar refractivity (Wildman–Crippen MR) is 92.0 cm³/mol. The van der Waals surface area contributed by atoms with Crippen LogP contribution in [-0.4, -0.2) is 10.7 Å². The lowest BCUT2D eigenvalue weighted by atomic mass is 10.0. The van der Waals surface area contributed by atoms with Gasteiger partial charge in [0.25, 0.3) is 0 Å². The molecule has 0 amide bonds. The van der Waals surface area contributed by atoms with E-state index in [1.54, 1.807) is 0 Å². The average molecular weight is 312 g/mol. The van der Waals surface area contributed by atoms with E-state index in [4.69, 9.17) is 5.73 Å². The predicted octanol–water partition coefficient (Wildman–Crippen LogP) is 4.13. The maximum Gasteiger partial charge on any atom is 0.0667 e. The van der Waals surface area contributed by atoms with Gasteiger partial charge in [0.15, 0.2) is 0 Å². The van der Waals surface area contributed by atoms with Crippen LogP contribution in [0.4, 0.5) is 0 Å². The average Bonchev–Trinajstić information content (AvgIpc) is 2.97. The summed E-state index contributed by atoms with van der Waals surface area (Å²) in [6, 6.07) is 10.6. The molecule has 3 heterocycles. The number of hydrogen-bond acceptors (Lipinski definition) is 4.